The molecule has 6 nitrogen and oxygen atoms in total. The van der Waals surface area contributed by atoms with Gasteiger partial charge in [-0.25, -0.2) is 4.79 Å². The van der Waals surface area contributed by atoms with Crippen LogP contribution in [0.2, 0.25) is 0 Å². The molecule has 0 aliphatic carbocycles. The van der Waals surface area contributed by atoms with Gasteiger partial charge in [-0.3, -0.25) is 4.79 Å². The highest BCUT2D eigenvalue weighted by Gasteiger charge is 2.25. The second-order valence-corrected chi connectivity index (χ2v) is 4.32. The second kappa shape index (κ2) is 6.87. The van der Waals surface area contributed by atoms with E-state index in [0.717, 1.165) is 11.3 Å². The molecule has 2 unspecified atom stereocenters. The molecule has 2 N–H and O–H groups in total. The summed E-state index contributed by atoms with van der Waals surface area (Å²) in [5.41, 5.74) is 0. The van der Waals surface area contributed by atoms with Crippen LogP contribution < -0.4 is 5.32 Å². The number of carbonyl (C=O) groups is 2. The Morgan fingerprint density at radius 1 is 1.67 bits per heavy atom. The van der Waals surface area contributed by atoms with Crippen molar-refractivity contribution in [1.29, 1.82) is 0 Å². The van der Waals surface area contributed by atoms with Crippen LogP contribution in [0.3, 0.4) is 0 Å². The molecule has 0 aromatic heterocycles. The molecule has 0 spiro atoms. The lowest BCUT2D eigenvalue weighted by Gasteiger charge is -2.24. The molecule has 1 fully saturated rings. The Morgan fingerprint density at radius 3 is 2.89 bits per heavy atom. The van der Waals surface area contributed by atoms with Crippen molar-refractivity contribution in [3.63, 3.8) is 0 Å². The Balaban J connectivity index is 2.49. The Kier molecular flexibility index (Phi) is 5.46. The zero-order chi connectivity index (χ0) is 13.5. The van der Waals surface area contributed by atoms with Gasteiger partial charge in [0.15, 0.2) is 0 Å². The number of rotatable bonds is 5. The summed E-state index contributed by atoms with van der Waals surface area (Å²) in [7, 11) is 0. The van der Waals surface area contributed by atoms with Gasteiger partial charge in [-0.2, -0.15) is 0 Å². The topological polar surface area (TPSA) is 78.9 Å². The second-order valence-electron chi connectivity index (χ2n) is 4.32. The number of urea groups is 1. The van der Waals surface area contributed by atoms with E-state index in [9.17, 15) is 9.59 Å². The average Bonchev–Trinajstić information content (AvgIpc) is 2.81. The fourth-order valence-electron chi connectivity index (χ4n) is 1.82. The predicted molar refractivity (Wildman–Crippen MR) is 65.0 cm³/mol. The first-order valence-corrected chi connectivity index (χ1v) is 5.83. The highest BCUT2D eigenvalue weighted by Crippen LogP contribution is 2.16. The third-order valence-corrected chi connectivity index (χ3v) is 2.92. The van der Waals surface area contributed by atoms with Crippen LogP contribution in [-0.4, -0.2) is 54.4 Å². The van der Waals surface area contributed by atoms with Gasteiger partial charge in [-0.1, -0.05) is 5.92 Å². The van der Waals surface area contributed by atoms with Crippen molar-refractivity contribution < 1.29 is 19.4 Å². The van der Waals surface area contributed by atoms with Crippen molar-refractivity contribution in [3.8, 4) is 12.3 Å². The number of nitrogens with zero attached hydrogens (tertiary/aromatic N) is 1. The normalized spacial score (nSPS) is 19.9. The highest BCUT2D eigenvalue weighted by atomic mass is 16.5. The van der Waals surface area contributed by atoms with E-state index in [-0.39, 0.29) is 18.5 Å². The number of carboxylic acid groups (broad SMARTS) is 1. The minimum Gasteiger partial charge on any atom is -0.480 e. The van der Waals surface area contributed by atoms with Gasteiger partial charge in [0.2, 0.25) is 0 Å². The van der Waals surface area contributed by atoms with Gasteiger partial charge in [-0.05, 0) is 13.3 Å². The van der Waals surface area contributed by atoms with E-state index in [0.29, 0.717) is 13.2 Å². The lowest BCUT2D eigenvalue weighted by Crippen LogP contribution is -2.48. The summed E-state index contributed by atoms with van der Waals surface area (Å²) in [6, 6.07) is -0.510. The molecule has 1 rings (SSSR count). The van der Waals surface area contributed by atoms with E-state index in [4.69, 9.17) is 16.3 Å². The summed E-state index contributed by atoms with van der Waals surface area (Å²) in [5.74, 6) is 1.46. The molecule has 0 aromatic carbocycles. The molecule has 100 valence electrons. The lowest BCUT2D eigenvalue weighted by molar-refractivity contribution is -0.137. The molecule has 0 aromatic rings. The summed E-state index contributed by atoms with van der Waals surface area (Å²) < 4.78 is 5.24. The SMILES string of the molecule is C#CCN(CC(=O)O)C(=O)NC(C)C1CCOC1. The number of ether oxygens (including phenoxy) is 1. The number of carbonyl (C=O) groups excluding carboxylic acids is 1. The van der Waals surface area contributed by atoms with E-state index >= 15 is 0 Å². The maximum absolute atomic E-state index is 11.9. The minimum atomic E-state index is -1.09. The first kappa shape index (κ1) is 14.3. The fraction of sp³-hybridized carbons (Fsp3) is 0.667. The van der Waals surface area contributed by atoms with Crippen molar-refractivity contribution in [1.82, 2.24) is 10.2 Å². The Morgan fingerprint density at radius 2 is 2.39 bits per heavy atom. The van der Waals surface area contributed by atoms with Crippen molar-refractivity contribution in [2.45, 2.75) is 19.4 Å². The molecule has 1 aliphatic heterocycles. The maximum Gasteiger partial charge on any atom is 0.323 e. The fourth-order valence-corrected chi connectivity index (χ4v) is 1.82. The van der Waals surface area contributed by atoms with Crippen LogP contribution in [0.5, 0.6) is 0 Å². The molecule has 1 heterocycles. The third kappa shape index (κ3) is 4.26. The quantitative estimate of drug-likeness (QED) is 0.684. The van der Waals surface area contributed by atoms with Crippen molar-refractivity contribution >= 4 is 12.0 Å². The van der Waals surface area contributed by atoms with Crippen LogP contribution in [0.4, 0.5) is 4.79 Å². The van der Waals surface area contributed by atoms with Gasteiger partial charge >= 0.3 is 12.0 Å². The zero-order valence-corrected chi connectivity index (χ0v) is 10.4. The summed E-state index contributed by atoms with van der Waals surface area (Å²) in [6.07, 6.45) is 6.01. The smallest absolute Gasteiger partial charge is 0.323 e. The third-order valence-electron chi connectivity index (χ3n) is 2.92. The molecular weight excluding hydrogens is 236 g/mol. The Hall–Kier alpha value is -1.74. The van der Waals surface area contributed by atoms with Gasteiger partial charge in [0.1, 0.15) is 6.54 Å². The van der Waals surface area contributed by atoms with E-state index in [2.05, 4.69) is 11.2 Å². The number of carboxylic acids is 1. The number of aliphatic carboxylic acids is 1. The lowest BCUT2D eigenvalue weighted by atomic mass is 10.0. The maximum atomic E-state index is 11.9. The number of nitrogens with one attached hydrogen (secondary N) is 1. The van der Waals surface area contributed by atoms with E-state index in [1.807, 2.05) is 6.92 Å². The van der Waals surface area contributed by atoms with Gasteiger partial charge in [-0.15, -0.1) is 6.42 Å². The Labute approximate surface area is 106 Å². The minimum absolute atomic E-state index is 0.0218. The highest BCUT2D eigenvalue weighted by molar-refractivity contribution is 5.80. The molecule has 0 bridgehead atoms. The Bertz CT molecular complexity index is 344. The van der Waals surface area contributed by atoms with Gasteiger partial charge < -0.3 is 20.1 Å². The number of terminal acetylenes is 1. The molecule has 1 aliphatic rings. The van der Waals surface area contributed by atoms with Crippen LogP contribution in [0.15, 0.2) is 0 Å². The van der Waals surface area contributed by atoms with Crippen LogP contribution in [0.25, 0.3) is 0 Å². The van der Waals surface area contributed by atoms with E-state index < -0.39 is 18.5 Å². The van der Waals surface area contributed by atoms with Crippen molar-refractivity contribution in [3.05, 3.63) is 0 Å². The van der Waals surface area contributed by atoms with Crippen LogP contribution in [0, 0.1) is 18.3 Å². The summed E-state index contributed by atoms with van der Waals surface area (Å²) >= 11 is 0. The van der Waals surface area contributed by atoms with Crippen LogP contribution in [-0.2, 0) is 9.53 Å². The largest absolute Gasteiger partial charge is 0.480 e. The summed E-state index contributed by atoms with van der Waals surface area (Å²) in [4.78, 5) is 23.6. The number of hydrogen-bond acceptors (Lipinski definition) is 3. The van der Waals surface area contributed by atoms with Crippen LogP contribution >= 0.6 is 0 Å². The monoisotopic (exact) mass is 254 g/mol. The van der Waals surface area contributed by atoms with Crippen molar-refractivity contribution in [2.24, 2.45) is 5.92 Å². The van der Waals surface area contributed by atoms with Crippen LogP contribution in [0.1, 0.15) is 13.3 Å². The number of hydrogen-bond donors (Lipinski definition) is 2. The first-order valence-electron chi connectivity index (χ1n) is 5.83. The van der Waals surface area contributed by atoms with Crippen molar-refractivity contribution in [2.75, 3.05) is 26.3 Å². The van der Waals surface area contributed by atoms with E-state index in [1.165, 1.54) is 0 Å². The molecule has 0 saturated carbocycles. The standard InChI is InChI=1S/C12H18N2O4/c1-3-5-14(7-11(15)16)12(17)13-9(2)10-4-6-18-8-10/h1,9-10H,4-8H2,2H3,(H,13,17)(H,15,16). The van der Waals surface area contributed by atoms with Gasteiger partial charge in [0, 0.05) is 18.6 Å². The number of amides is 2. The molecule has 0 radical (unpaired) electrons. The molecule has 6 heteroatoms. The van der Waals surface area contributed by atoms with Gasteiger partial charge in [0.25, 0.3) is 0 Å². The molecule has 18 heavy (non-hydrogen) atoms. The molecule has 2 amide bonds. The average molecular weight is 254 g/mol. The summed E-state index contributed by atoms with van der Waals surface area (Å²) in [6.45, 7) is 2.78. The van der Waals surface area contributed by atoms with Gasteiger partial charge in [0.05, 0.1) is 13.2 Å². The summed E-state index contributed by atoms with van der Waals surface area (Å²) in [5, 5.41) is 11.5. The zero-order valence-electron chi connectivity index (χ0n) is 10.4. The van der Waals surface area contributed by atoms with E-state index in [1.54, 1.807) is 0 Å². The molecule has 1 saturated heterocycles. The molecular formula is C12H18N2O4. The predicted octanol–water partition coefficient (Wildman–Crippen LogP) is 0.141. The molecule has 2 atom stereocenters. The first-order chi connectivity index (χ1) is 8.54.